The second-order valence-electron chi connectivity index (χ2n) is 9.86. The van der Waals surface area contributed by atoms with Crippen LogP contribution in [0.3, 0.4) is 0 Å². The molecule has 0 spiro atoms. The SMILES string of the molecule is N#Cc1cnc2c(F)cc(NC(c3ccccc3)c3cn(C4CCNCC4)nn3)cc2c1Nc1ccc(F)c(Cl)c1. The van der Waals surface area contributed by atoms with Gasteiger partial charge in [0, 0.05) is 23.0 Å². The van der Waals surface area contributed by atoms with Crippen molar-refractivity contribution in [3.05, 3.63) is 107 Å². The molecular formula is C30H25ClF2N8. The number of hydrogen-bond acceptors (Lipinski definition) is 7. The molecule has 1 unspecified atom stereocenters. The first kappa shape index (κ1) is 26.6. The summed E-state index contributed by atoms with van der Waals surface area (Å²) in [5.41, 5.74) is 3.12. The molecule has 6 rings (SSSR count). The standard InChI is InChI=1S/C30H25ClF2N8/c31-24-13-20(6-7-25(24)32)37-28-19(15-34)16-36-30-23(28)12-21(14-26(30)33)38-29(18-4-2-1-3-5-18)27-17-41(40-39-27)22-8-10-35-11-9-22/h1-7,12-14,16-17,22,29,35,38H,8-11H2,(H,36,37). The third-order valence-electron chi connectivity index (χ3n) is 7.18. The molecule has 0 aliphatic carbocycles. The normalized spacial score (nSPS) is 14.5. The lowest BCUT2D eigenvalue weighted by atomic mass is 10.0. The summed E-state index contributed by atoms with van der Waals surface area (Å²) in [6, 6.07) is 18.9. The van der Waals surface area contributed by atoms with E-state index in [-0.39, 0.29) is 22.1 Å². The van der Waals surface area contributed by atoms with E-state index in [1.165, 1.54) is 30.5 Å². The molecule has 0 bridgehead atoms. The van der Waals surface area contributed by atoms with Crippen molar-refractivity contribution in [2.24, 2.45) is 0 Å². The number of nitriles is 1. The van der Waals surface area contributed by atoms with Crippen molar-refractivity contribution >= 4 is 39.6 Å². The summed E-state index contributed by atoms with van der Waals surface area (Å²) in [7, 11) is 0. The maximum absolute atomic E-state index is 15.5. The number of hydrogen-bond donors (Lipinski definition) is 3. The van der Waals surface area contributed by atoms with E-state index in [4.69, 9.17) is 11.6 Å². The summed E-state index contributed by atoms with van der Waals surface area (Å²) in [5, 5.41) is 28.9. The lowest BCUT2D eigenvalue weighted by Crippen LogP contribution is -2.29. The molecule has 3 N–H and O–H groups in total. The highest BCUT2D eigenvalue weighted by molar-refractivity contribution is 6.31. The zero-order chi connectivity index (χ0) is 28.3. The van der Waals surface area contributed by atoms with Gasteiger partial charge in [0.05, 0.1) is 34.6 Å². The van der Waals surface area contributed by atoms with E-state index in [0.29, 0.717) is 28.1 Å². The number of fused-ring (bicyclic) bond motifs is 1. The van der Waals surface area contributed by atoms with Crippen LogP contribution < -0.4 is 16.0 Å². The molecule has 0 amide bonds. The maximum atomic E-state index is 15.5. The molecule has 1 aliphatic heterocycles. The fraction of sp³-hybridized carbons (Fsp3) is 0.200. The first-order chi connectivity index (χ1) is 20.0. The van der Waals surface area contributed by atoms with Crippen LogP contribution in [0.15, 0.2) is 73.1 Å². The van der Waals surface area contributed by atoms with Gasteiger partial charge in [0.15, 0.2) is 5.82 Å². The fourth-order valence-corrected chi connectivity index (χ4v) is 5.27. The van der Waals surface area contributed by atoms with Crippen molar-refractivity contribution in [1.82, 2.24) is 25.3 Å². The van der Waals surface area contributed by atoms with Crippen LogP contribution in [0.2, 0.25) is 5.02 Å². The Morgan fingerprint density at radius 1 is 1.02 bits per heavy atom. The highest BCUT2D eigenvalue weighted by Gasteiger charge is 2.23. The Morgan fingerprint density at radius 3 is 2.59 bits per heavy atom. The summed E-state index contributed by atoms with van der Waals surface area (Å²) >= 11 is 5.97. The summed E-state index contributed by atoms with van der Waals surface area (Å²) in [4.78, 5) is 4.20. The molecule has 3 aromatic carbocycles. The molecule has 1 fully saturated rings. The zero-order valence-corrected chi connectivity index (χ0v) is 22.5. The molecule has 8 nitrogen and oxygen atoms in total. The van der Waals surface area contributed by atoms with Gasteiger partial charge in [-0.25, -0.2) is 13.5 Å². The lowest BCUT2D eigenvalue weighted by Gasteiger charge is -2.22. The smallest absolute Gasteiger partial charge is 0.151 e. The van der Waals surface area contributed by atoms with Crippen molar-refractivity contribution in [3.63, 3.8) is 0 Å². The summed E-state index contributed by atoms with van der Waals surface area (Å²) in [6.45, 7) is 1.85. The number of piperidine rings is 1. The van der Waals surface area contributed by atoms with Crippen LogP contribution in [0.1, 0.15) is 41.7 Å². The molecule has 2 aromatic heterocycles. The Hall–Kier alpha value is -4.59. The monoisotopic (exact) mass is 570 g/mol. The number of halogens is 3. The van der Waals surface area contributed by atoms with Crippen molar-refractivity contribution in [1.29, 1.82) is 5.26 Å². The molecule has 5 aromatic rings. The minimum atomic E-state index is -0.570. The number of nitrogens with one attached hydrogen (secondary N) is 3. The maximum Gasteiger partial charge on any atom is 0.151 e. The predicted molar refractivity (Wildman–Crippen MR) is 154 cm³/mol. The van der Waals surface area contributed by atoms with Gasteiger partial charge in [0.2, 0.25) is 0 Å². The van der Waals surface area contributed by atoms with Gasteiger partial charge in [-0.2, -0.15) is 5.26 Å². The van der Waals surface area contributed by atoms with Gasteiger partial charge in [0.1, 0.15) is 23.1 Å². The van der Waals surface area contributed by atoms with Crippen LogP contribution in [-0.4, -0.2) is 33.1 Å². The topological polar surface area (TPSA) is 103 Å². The Kier molecular flexibility index (Phi) is 7.46. The van der Waals surface area contributed by atoms with Crippen LogP contribution in [0.5, 0.6) is 0 Å². The minimum Gasteiger partial charge on any atom is -0.373 e. The molecule has 0 saturated carbocycles. The van der Waals surface area contributed by atoms with E-state index < -0.39 is 17.7 Å². The van der Waals surface area contributed by atoms with E-state index >= 15 is 4.39 Å². The average Bonchev–Trinajstić information content (AvgIpc) is 3.49. The average molecular weight is 571 g/mol. The fourth-order valence-electron chi connectivity index (χ4n) is 5.09. The zero-order valence-electron chi connectivity index (χ0n) is 21.8. The van der Waals surface area contributed by atoms with Crippen molar-refractivity contribution in [3.8, 4) is 6.07 Å². The van der Waals surface area contributed by atoms with Gasteiger partial charge in [-0.05, 0) is 61.8 Å². The van der Waals surface area contributed by atoms with Gasteiger partial charge in [-0.1, -0.05) is 47.1 Å². The Balaban J connectivity index is 1.41. The van der Waals surface area contributed by atoms with E-state index in [2.05, 4.69) is 37.3 Å². The van der Waals surface area contributed by atoms with Crippen molar-refractivity contribution in [2.75, 3.05) is 23.7 Å². The number of nitrogens with zero attached hydrogens (tertiary/aromatic N) is 5. The molecule has 41 heavy (non-hydrogen) atoms. The van der Waals surface area contributed by atoms with Gasteiger partial charge in [-0.15, -0.1) is 5.10 Å². The number of aromatic nitrogens is 4. The second-order valence-corrected chi connectivity index (χ2v) is 10.3. The van der Waals surface area contributed by atoms with Crippen LogP contribution in [-0.2, 0) is 0 Å². The number of benzene rings is 3. The highest BCUT2D eigenvalue weighted by atomic mass is 35.5. The van der Waals surface area contributed by atoms with Crippen molar-refractivity contribution in [2.45, 2.75) is 24.9 Å². The third kappa shape index (κ3) is 5.55. The second kappa shape index (κ2) is 11.5. The molecular weight excluding hydrogens is 546 g/mol. The first-order valence-electron chi connectivity index (χ1n) is 13.2. The minimum absolute atomic E-state index is 0.0800. The van der Waals surface area contributed by atoms with E-state index in [0.717, 1.165) is 31.5 Å². The number of rotatable bonds is 7. The quantitative estimate of drug-likeness (QED) is 0.205. The number of pyridine rings is 1. The van der Waals surface area contributed by atoms with Crippen LogP contribution in [0.25, 0.3) is 10.9 Å². The van der Waals surface area contributed by atoms with Gasteiger partial charge in [0.25, 0.3) is 0 Å². The van der Waals surface area contributed by atoms with Crippen LogP contribution in [0, 0.1) is 23.0 Å². The summed E-state index contributed by atoms with van der Waals surface area (Å²) in [6.07, 6.45) is 5.17. The number of anilines is 3. The van der Waals surface area contributed by atoms with E-state index in [1.54, 1.807) is 6.07 Å². The van der Waals surface area contributed by atoms with Gasteiger partial charge in [-0.3, -0.25) is 4.98 Å². The van der Waals surface area contributed by atoms with Gasteiger partial charge >= 0.3 is 0 Å². The van der Waals surface area contributed by atoms with E-state index in [9.17, 15) is 9.65 Å². The Labute approximate surface area is 240 Å². The highest BCUT2D eigenvalue weighted by Crippen LogP contribution is 2.35. The van der Waals surface area contributed by atoms with Gasteiger partial charge < -0.3 is 16.0 Å². The van der Waals surface area contributed by atoms with Crippen molar-refractivity contribution < 1.29 is 8.78 Å². The molecule has 206 valence electrons. The Bertz CT molecular complexity index is 1750. The lowest BCUT2D eigenvalue weighted by molar-refractivity contribution is 0.337. The van der Waals surface area contributed by atoms with Crippen LogP contribution in [0.4, 0.5) is 25.8 Å². The first-order valence-corrected chi connectivity index (χ1v) is 13.6. The largest absolute Gasteiger partial charge is 0.373 e. The van der Waals surface area contributed by atoms with E-state index in [1.807, 2.05) is 41.2 Å². The molecule has 0 radical (unpaired) electrons. The van der Waals surface area contributed by atoms with Crippen LogP contribution >= 0.6 is 11.6 Å². The predicted octanol–water partition coefficient (Wildman–Crippen LogP) is 6.50. The molecule has 1 saturated heterocycles. The molecule has 1 atom stereocenters. The molecule has 1 aliphatic rings. The summed E-state index contributed by atoms with van der Waals surface area (Å²) in [5.74, 6) is -1.14. The Morgan fingerprint density at radius 2 is 1.83 bits per heavy atom. The molecule has 11 heteroatoms. The summed E-state index contributed by atoms with van der Waals surface area (Å²) < 4.78 is 31.2. The molecule has 3 heterocycles. The third-order valence-corrected chi connectivity index (χ3v) is 7.47.